The Morgan fingerprint density at radius 2 is 2.14 bits per heavy atom. The number of hydrogen-bond acceptors (Lipinski definition) is 3. The summed E-state index contributed by atoms with van der Waals surface area (Å²) < 4.78 is 5.66. The van der Waals surface area contributed by atoms with Crippen LogP contribution >= 0.6 is 0 Å². The molecule has 5 nitrogen and oxygen atoms in total. The summed E-state index contributed by atoms with van der Waals surface area (Å²) in [5.41, 5.74) is 6.66. The Morgan fingerprint density at radius 3 is 2.86 bits per heavy atom. The predicted molar refractivity (Wildman–Crippen MR) is 81.0 cm³/mol. The van der Waals surface area contributed by atoms with E-state index in [-0.39, 0.29) is 12.1 Å². The van der Waals surface area contributed by atoms with Gasteiger partial charge in [-0.25, -0.2) is 4.79 Å². The zero-order valence-electron chi connectivity index (χ0n) is 12.3. The molecule has 112 valence electrons. The van der Waals surface area contributed by atoms with Crippen LogP contribution in [-0.2, 0) is 11.3 Å². The van der Waals surface area contributed by atoms with Crippen LogP contribution in [0.25, 0.3) is 0 Å². The molecule has 1 saturated carbocycles. The minimum absolute atomic E-state index is 0.0786. The number of rotatable bonds is 3. The van der Waals surface area contributed by atoms with Gasteiger partial charge in [-0.1, -0.05) is 43.2 Å². The third-order valence-corrected chi connectivity index (χ3v) is 4.65. The van der Waals surface area contributed by atoms with Crippen molar-refractivity contribution in [1.82, 2.24) is 4.90 Å². The van der Waals surface area contributed by atoms with Crippen molar-refractivity contribution in [1.29, 1.82) is 0 Å². The van der Waals surface area contributed by atoms with Gasteiger partial charge in [0.2, 0.25) is 0 Å². The molecule has 1 aromatic rings. The normalized spacial score (nSPS) is 29.0. The van der Waals surface area contributed by atoms with Gasteiger partial charge in [0.1, 0.15) is 11.4 Å². The molecule has 1 spiro atoms. The van der Waals surface area contributed by atoms with Gasteiger partial charge in [-0.2, -0.15) is 4.99 Å². The van der Waals surface area contributed by atoms with Gasteiger partial charge < -0.3 is 15.4 Å². The van der Waals surface area contributed by atoms with Crippen LogP contribution in [-0.4, -0.2) is 35.5 Å². The highest BCUT2D eigenvalue weighted by Crippen LogP contribution is 2.40. The topological polar surface area (TPSA) is 67.9 Å². The standard InChI is InChI=1S/C16H21N3O2/c1-21-13-9-5-6-10-16(13)14(17)18-15(20)19(16)11-12-7-3-2-4-8-12/h2-4,7-8,13H,5-6,9-11H2,1H3,(H2,17,18,20). The maximum Gasteiger partial charge on any atom is 0.346 e. The summed E-state index contributed by atoms with van der Waals surface area (Å²) >= 11 is 0. The van der Waals surface area contributed by atoms with Gasteiger partial charge in [0.05, 0.1) is 6.10 Å². The Labute approximate surface area is 124 Å². The van der Waals surface area contributed by atoms with Crippen LogP contribution in [0.15, 0.2) is 35.3 Å². The van der Waals surface area contributed by atoms with E-state index in [2.05, 4.69) is 4.99 Å². The first-order chi connectivity index (χ1) is 10.2. The number of aliphatic imine (C=N–C) groups is 1. The Kier molecular flexibility index (Phi) is 3.68. The smallest absolute Gasteiger partial charge is 0.346 e. The van der Waals surface area contributed by atoms with Crippen LogP contribution < -0.4 is 5.73 Å². The van der Waals surface area contributed by atoms with E-state index in [0.29, 0.717) is 12.4 Å². The number of urea groups is 1. The van der Waals surface area contributed by atoms with Crippen molar-refractivity contribution in [2.75, 3.05) is 7.11 Å². The summed E-state index contributed by atoms with van der Waals surface area (Å²) in [5, 5.41) is 0. The zero-order chi connectivity index (χ0) is 14.9. The first-order valence-electron chi connectivity index (χ1n) is 7.41. The number of amidine groups is 1. The number of methoxy groups -OCH3 is 1. The highest BCUT2D eigenvalue weighted by atomic mass is 16.5. The van der Waals surface area contributed by atoms with Crippen LogP contribution in [0.2, 0.25) is 0 Å². The zero-order valence-corrected chi connectivity index (χ0v) is 12.3. The number of ether oxygens (including phenoxy) is 1. The summed E-state index contributed by atoms with van der Waals surface area (Å²) in [6.07, 6.45) is 3.78. The summed E-state index contributed by atoms with van der Waals surface area (Å²) in [6, 6.07) is 9.69. The largest absolute Gasteiger partial charge is 0.385 e. The van der Waals surface area contributed by atoms with Crippen molar-refractivity contribution in [3.63, 3.8) is 0 Å². The maximum atomic E-state index is 12.3. The van der Waals surface area contributed by atoms with E-state index >= 15 is 0 Å². The number of amides is 2. The van der Waals surface area contributed by atoms with Crippen LogP contribution in [0.5, 0.6) is 0 Å². The Bertz CT molecular complexity index is 558. The lowest BCUT2D eigenvalue weighted by Crippen LogP contribution is -2.63. The Balaban J connectivity index is 1.95. The van der Waals surface area contributed by atoms with Crippen LogP contribution in [0.1, 0.15) is 31.2 Å². The number of carbonyl (C=O) groups is 1. The van der Waals surface area contributed by atoms with E-state index in [1.54, 1.807) is 12.0 Å². The van der Waals surface area contributed by atoms with Crippen molar-refractivity contribution in [2.45, 2.75) is 43.9 Å². The van der Waals surface area contributed by atoms with Crippen molar-refractivity contribution in [3.8, 4) is 0 Å². The molecule has 1 aliphatic heterocycles. The van der Waals surface area contributed by atoms with Crippen molar-refractivity contribution in [3.05, 3.63) is 35.9 Å². The Hall–Kier alpha value is -1.88. The molecule has 1 aromatic carbocycles. The molecule has 1 fully saturated rings. The Morgan fingerprint density at radius 1 is 1.38 bits per heavy atom. The number of nitrogens with zero attached hydrogens (tertiary/aromatic N) is 2. The fourth-order valence-corrected chi connectivity index (χ4v) is 3.58. The summed E-state index contributed by atoms with van der Waals surface area (Å²) in [4.78, 5) is 18.2. The second kappa shape index (κ2) is 5.48. The molecule has 2 atom stereocenters. The fourth-order valence-electron chi connectivity index (χ4n) is 3.58. The van der Waals surface area contributed by atoms with Gasteiger partial charge in [-0.3, -0.25) is 0 Å². The van der Waals surface area contributed by atoms with Crippen molar-refractivity contribution < 1.29 is 9.53 Å². The highest BCUT2D eigenvalue weighted by Gasteiger charge is 2.54. The minimum Gasteiger partial charge on any atom is -0.385 e. The molecule has 5 heteroatoms. The highest BCUT2D eigenvalue weighted by molar-refractivity contribution is 6.06. The minimum atomic E-state index is -0.570. The average molecular weight is 287 g/mol. The quantitative estimate of drug-likeness (QED) is 0.927. The lowest BCUT2D eigenvalue weighted by molar-refractivity contribution is -0.0232. The third-order valence-electron chi connectivity index (χ3n) is 4.65. The van der Waals surface area contributed by atoms with Gasteiger partial charge in [0.25, 0.3) is 0 Å². The SMILES string of the molecule is COC1CCCCC12C(N)=NC(=O)N2Cc1ccccc1. The maximum absolute atomic E-state index is 12.3. The first kappa shape index (κ1) is 14.1. The van der Waals surface area contributed by atoms with Crippen molar-refractivity contribution in [2.24, 2.45) is 10.7 Å². The molecule has 0 aromatic heterocycles. The average Bonchev–Trinajstić information content (AvgIpc) is 2.74. The summed E-state index contributed by atoms with van der Waals surface area (Å²) in [6.45, 7) is 0.518. The molecule has 0 saturated heterocycles. The number of carbonyl (C=O) groups excluding carboxylic acids is 1. The summed E-state index contributed by atoms with van der Waals surface area (Å²) in [5.74, 6) is 0.412. The van der Waals surface area contributed by atoms with E-state index in [9.17, 15) is 4.79 Å². The number of benzene rings is 1. The third kappa shape index (κ3) is 2.21. The second-order valence-corrected chi connectivity index (χ2v) is 5.75. The van der Waals surface area contributed by atoms with E-state index in [1.165, 1.54) is 0 Å². The molecular weight excluding hydrogens is 266 g/mol. The van der Waals surface area contributed by atoms with Gasteiger partial charge in [-0.15, -0.1) is 0 Å². The molecule has 3 rings (SSSR count). The summed E-state index contributed by atoms with van der Waals surface area (Å²) in [7, 11) is 1.69. The van der Waals surface area contributed by atoms with Crippen molar-refractivity contribution >= 4 is 11.9 Å². The van der Waals surface area contributed by atoms with Gasteiger partial charge in [-0.05, 0) is 18.4 Å². The second-order valence-electron chi connectivity index (χ2n) is 5.75. The molecule has 2 aliphatic rings. The van der Waals surface area contributed by atoms with Gasteiger partial charge in [0, 0.05) is 13.7 Å². The van der Waals surface area contributed by atoms with Gasteiger partial charge in [0.15, 0.2) is 0 Å². The fraction of sp³-hybridized carbons (Fsp3) is 0.500. The van der Waals surface area contributed by atoms with Crippen LogP contribution in [0.4, 0.5) is 4.79 Å². The molecular formula is C16H21N3O2. The predicted octanol–water partition coefficient (Wildman–Crippen LogP) is 2.31. The number of hydrogen-bond donors (Lipinski definition) is 1. The van der Waals surface area contributed by atoms with E-state index < -0.39 is 5.54 Å². The molecule has 2 N–H and O–H groups in total. The molecule has 0 bridgehead atoms. The van der Waals surface area contributed by atoms with E-state index in [1.807, 2.05) is 30.3 Å². The molecule has 1 aliphatic carbocycles. The van der Waals surface area contributed by atoms with Crippen LogP contribution in [0.3, 0.4) is 0 Å². The molecule has 2 unspecified atom stereocenters. The molecule has 21 heavy (non-hydrogen) atoms. The lowest BCUT2D eigenvalue weighted by atomic mass is 9.77. The van der Waals surface area contributed by atoms with Crippen LogP contribution in [0, 0.1) is 0 Å². The van der Waals surface area contributed by atoms with Gasteiger partial charge >= 0.3 is 6.03 Å². The monoisotopic (exact) mass is 287 g/mol. The van der Waals surface area contributed by atoms with E-state index in [0.717, 1.165) is 31.2 Å². The van der Waals surface area contributed by atoms with E-state index in [4.69, 9.17) is 10.5 Å². The molecule has 2 amide bonds. The first-order valence-corrected chi connectivity index (χ1v) is 7.41. The molecule has 0 radical (unpaired) electrons. The lowest BCUT2D eigenvalue weighted by Gasteiger charge is -2.45. The molecule has 1 heterocycles. The number of nitrogens with two attached hydrogens (primary N) is 1.